The molecule has 1 heteroatoms. The van der Waals surface area contributed by atoms with Crippen LogP contribution in [0.3, 0.4) is 0 Å². The highest BCUT2D eigenvalue weighted by Gasteiger charge is 2.37. The molecule has 0 saturated carbocycles. The predicted octanol–water partition coefficient (Wildman–Crippen LogP) is 3.90. The Kier molecular flexibility index (Phi) is 1.88. The first-order valence-corrected chi connectivity index (χ1v) is 5.18. The molecule has 1 aromatic rings. The molecule has 1 aromatic heterocycles. The standard InChI is InChI=1S/C13H18O/c1-12(2,3)13(4)7-5-11-10(9-13)6-8-14-11/h5-8H,9H2,1-4H3. The smallest absolute Gasteiger partial charge is 0.129 e. The van der Waals surface area contributed by atoms with Gasteiger partial charge in [0.05, 0.1) is 6.26 Å². The summed E-state index contributed by atoms with van der Waals surface area (Å²) in [6.45, 7) is 9.20. The Morgan fingerprint density at radius 3 is 2.71 bits per heavy atom. The lowest BCUT2D eigenvalue weighted by molar-refractivity contribution is 0.166. The van der Waals surface area contributed by atoms with Gasteiger partial charge in [0.2, 0.25) is 0 Å². The predicted molar refractivity (Wildman–Crippen MR) is 59.0 cm³/mol. The van der Waals surface area contributed by atoms with Gasteiger partial charge in [-0.15, -0.1) is 0 Å². The summed E-state index contributed by atoms with van der Waals surface area (Å²) in [5, 5.41) is 0. The normalized spacial score (nSPS) is 26.3. The first-order valence-electron chi connectivity index (χ1n) is 5.18. The van der Waals surface area contributed by atoms with Crippen molar-refractivity contribution in [3.05, 3.63) is 29.7 Å². The van der Waals surface area contributed by atoms with Crippen molar-refractivity contribution in [1.29, 1.82) is 0 Å². The van der Waals surface area contributed by atoms with Gasteiger partial charge in [-0.05, 0) is 35.0 Å². The second-order valence-corrected chi connectivity index (χ2v) is 5.49. The lowest BCUT2D eigenvalue weighted by atomic mass is 9.63. The summed E-state index contributed by atoms with van der Waals surface area (Å²) in [4.78, 5) is 0. The van der Waals surface area contributed by atoms with Crippen molar-refractivity contribution >= 4 is 6.08 Å². The summed E-state index contributed by atoms with van der Waals surface area (Å²) in [6, 6.07) is 2.09. The number of allylic oxidation sites excluding steroid dienone is 1. The van der Waals surface area contributed by atoms with Gasteiger partial charge in [-0.25, -0.2) is 0 Å². The Balaban J connectivity index is 2.39. The summed E-state index contributed by atoms with van der Waals surface area (Å²) >= 11 is 0. The van der Waals surface area contributed by atoms with Crippen molar-refractivity contribution < 1.29 is 4.42 Å². The van der Waals surface area contributed by atoms with E-state index < -0.39 is 0 Å². The number of fused-ring (bicyclic) bond motifs is 1. The van der Waals surface area contributed by atoms with Gasteiger partial charge in [0.15, 0.2) is 0 Å². The maximum Gasteiger partial charge on any atom is 0.129 e. The van der Waals surface area contributed by atoms with Crippen molar-refractivity contribution in [1.82, 2.24) is 0 Å². The Bertz CT molecular complexity index is 365. The molecule has 1 unspecified atom stereocenters. The zero-order valence-corrected chi connectivity index (χ0v) is 9.42. The molecule has 1 atom stereocenters. The van der Waals surface area contributed by atoms with Crippen molar-refractivity contribution in [2.75, 3.05) is 0 Å². The van der Waals surface area contributed by atoms with Crippen LogP contribution in [0.4, 0.5) is 0 Å². The Labute approximate surface area is 85.8 Å². The summed E-state index contributed by atoms with van der Waals surface area (Å²) in [5.74, 6) is 1.03. The number of hydrogen-bond acceptors (Lipinski definition) is 1. The van der Waals surface area contributed by atoms with Gasteiger partial charge in [0, 0.05) is 0 Å². The van der Waals surface area contributed by atoms with E-state index in [-0.39, 0.29) is 5.41 Å². The number of hydrogen-bond donors (Lipinski definition) is 0. The lowest BCUT2D eigenvalue weighted by Crippen LogP contribution is -2.34. The summed E-state index contributed by atoms with van der Waals surface area (Å²) in [7, 11) is 0. The third-order valence-electron chi connectivity index (χ3n) is 3.65. The molecule has 0 N–H and O–H groups in total. The minimum atomic E-state index is 0.240. The summed E-state index contributed by atoms with van der Waals surface area (Å²) in [6.07, 6.45) is 7.27. The first-order chi connectivity index (χ1) is 6.42. The molecule has 1 aliphatic carbocycles. The van der Waals surface area contributed by atoms with E-state index >= 15 is 0 Å². The molecule has 0 fully saturated rings. The van der Waals surface area contributed by atoms with Gasteiger partial charge in [-0.1, -0.05) is 33.8 Å². The minimum absolute atomic E-state index is 0.240. The molecule has 0 radical (unpaired) electrons. The first kappa shape index (κ1) is 9.57. The molecule has 1 nitrogen and oxygen atoms in total. The van der Waals surface area contributed by atoms with E-state index in [0.29, 0.717) is 5.41 Å². The molecule has 1 heterocycles. The van der Waals surface area contributed by atoms with E-state index in [1.165, 1.54) is 5.56 Å². The molecule has 0 amide bonds. The highest BCUT2D eigenvalue weighted by atomic mass is 16.3. The largest absolute Gasteiger partial charge is 0.465 e. The van der Waals surface area contributed by atoms with Crippen LogP contribution < -0.4 is 0 Å². The van der Waals surface area contributed by atoms with Crippen LogP contribution in [-0.4, -0.2) is 0 Å². The molecule has 0 saturated heterocycles. The van der Waals surface area contributed by atoms with Gasteiger partial charge in [-0.2, -0.15) is 0 Å². The van der Waals surface area contributed by atoms with E-state index in [1.54, 1.807) is 6.26 Å². The van der Waals surface area contributed by atoms with Crippen molar-refractivity contribution in [2.24, 2.45) is 10.8 Å². The van der Waals surface area contributed by atoms with Crippen LogP contribution in [0.25, 0.3) is 6.08 Å². The topological polar surface area (TPSA) is 13.1 Å². The SMILES string of the molecule is CC(C)(C)C1(C)C=Cc2occc2C1. The average Bonchev–Trinajstić information content (AvgIpc) is 2.48. The van der Waals surface area contributed by atoms with Gasteiger partial charge in [0.25, 0.3) is 0 Å². The Morgan fingerprint density at radius 1 is 1.36 bits per heavy atom. The molecule has 76 valence electrons. The average molecular weight is 190 g/mol. The highest BCUT2D eigenvalue weighted by molar-refractivity contribution is 5.52. The maximum absolute atomic E-state index is 5.38. The van der Waals surface area contributed by atoms with Crippen LogP contribution >= 0.6 is 0 Å². The maximum atomic E-state index is 5.38. The molecule has 14 heavy (non-hydrogen) atoms. The van der Waals surface area contributed by atoms with Crippen molar-refractivity contribution in [3.8, 4) is 0 Å². The minimum Gasteiger partial charge on any atom is -0.465 e. The fraction of sp³-hybridized carbons (Fsp3) is 0.538. The second-order valence-electron chi connectivity index (χ2n) is 5.49. The van der Waals surface area contributed by atoms with E-state index in [2.05, 4.69) is 45.9 Å². The Hall–Kier alpha value is -0.980. The molecule has 0 spiro atoms. The zero-order chi connectivity index (χ0) is 10.4. The monoisotopic (exact) mass is 190 g/mol. The van der Waals surface area contributed by atoms with Crippen LogP contribution in [-0.2, 0) is 6.42 Å². The second kappa shape index (κ2) is 2.75. The van der Waals surface area contributed by atoms with Crippen LogP contribution in [0, 0.1) is 10.8 Å². The van der Waals surface area contributed by atoms with Gasteiger partial charge in [-0.3, -0.25) is 0 Å². The summed E-state index contributed by atoms with van der Waals surface area (Å²) in [5.41, 5.74) is 1.87. The number of rotatable bonds is 0. The molecular weight excluding hydrogens is 172 g/mol. The van der Waals surface area contributed by atoms with E-state index in [1.807, 2.05) is 0 Å². The third kappa shape index (κ3) is 1.31. The van der Waals surface area contributed by atoms with Crippen molar-refractivity contribution in [2.45, 2.75) is 34.1 Å². The van der Waals surface area contributed by atoms with Gasteiger partial charge < -0.3 is 4.42 Å². The van der Waals surface area contributed by atoms with E-state index in [4.69, 9.17) is 4.42 Å². The molecule has 0 aliphatic heterocycles. The molecular formula is C13H18O. The molecule has 2 rings (SSSR count). The lowest BCUT2D eigenvalue weighted by Gasteiger charge is -2.41. The molecule has 0 bridgehead atoms. The zero-order valence-electron chi connectivity index (χ0n) is 9.42. The van der Waals surface area contributed by atoms with E-state index in [0.717, 1.165) is 12.2 Å². The quantitative estimate of drug-likeness (QED) is 0.604. The van der Waals surface area contributed by atoms with Gasteiger partial charge >= 0.3 is 0 Å². The van der Waals surface area contributed by atoms with Gasteiger partial charge in [0.1, 0.15) is 5.76 Å². The van der Waals surface area contributed by atoms with Crippen LogP contribution in [0.2, 0.25) is 0 Å². The van der Waals surface area contributed by atoms with E-state index in [9.17, 15) is 0 Å². The number of furan rings is 1. The van der Waals surface area contributed by atoms with Crippen LogP contribution in [0.15, 0.2) is 22.8 Å². The van der Waals surface area contributed by atoms with Crippen molar-refractivity contribution in [3.63, 3.8) is 0 Å². The summed E-state index contributed by atoms with van der Waals surface area (Å²) < 4.78 is 5.38. The molecule has 0 aromatic carbocycles. The van der Waals surface area contributed by atoms with Crippen LogP contribution in [0.5, 0.6) is 0 Å². The van der Waals surface area contributed by atoms with Crippen LogP contribution in [0.1, 0.15) is 39.0 Å². The highest BCUT2D eigenvalue weighted by Crippen LogP contribution is 2.45. The fourth-order valence-corrected chi connectivity index (χ4v) is 1.87. The molecule has 1 aliphatic rings. The Morgan fingerprint density at radius 2 is 2.07 bits per heavy atom. The third-order valence-corrected chi connectivity index (χ3v) is 3.65. The fourth-order valence-electron chi connectivity index (χ4n) is 1.87.